The minimum Gasteiger partial charge on any atom is -0.485 e. The van der Waals surface area contributed by atoms with Crippen LogP contribution in [0.15, 0.2) is 28.8 Å². The lowest BCUT2D eigenvalue weighted by atomic mass is 10.1. The van der Waals surface area contributed by atoms with Crippen molar-refractivity contribution in [2.75, 3.05) is 0 Å². The minimum atomic E-state index is -0.465. The zero-order valence-electron chi connectivity index (χ0n) is 10.7. The molecule has 1 atom stereocenters. The second-order valence-electron chi connectivity index (χ2n) is 4.86. The molecule has 0 bridgehead atoms. The van der Waals surface area contributed by atoms with E-state index < -0.39 is 6.10 Å². The molecule has 3 rings (SSSR count). The maximum Gasteiger partial charge on any atom is 0.229 e. The highest BCUT2D eigenvalue weighted by Crippen LogP contribution is 2.38. The Morgan fingerprint density at radius 2 is 2.11 bits per heavy atom. The molecule has 0 radical (unpaired) electrons. The van der Waals surface area contributed by atoms with E-state index in [1.54, 1.807) is 6.92 Å². The highest BCUT2D eigenvalue weighted by molar-refractivity contribution is 5.28. The number of hydrogen-bond donors (Lipinski definition) is 1. The standard InChI is InChI=1S/C14H16N2O3/c1-9(17)10-4-6-12(7-5-10)18-8-13-15-14(19-16-13)11-2-3-11/h4-7,9,11,17H,2-3,8H2,1H3. The van der Waals surface area contributed by atoms with Crippen LogP contribution in [0, 0.1) is 0 Å². The van der Waals surface area contributed by atoms with Crippen LogP contribution in [0.2, 0.25) is 0 Å². The van der Waals surface area contributed by atoms with Gasteiger partial charge < -0.3 is 14.4 Å². The van der Waals surface area contributed by atoms with Gasteiger partial charge in [0.05, 0.1) is 6.10 Å². The summed E-state index contributed by atoms with van der Waals surface area (Å²) in [6, 6.07) is 7.32. The molecule has 0 spiro atoms. The molecule has 1 fully saturated rings. The van der Waals surface area contributed by atoms with Gasteiger partial charge >= 0.3 is 0 Å². The van der Waals surface area contributed by atoms with Gasteiger partial charge in [0, 0.05) is 5.92 Å². The molecule has 1 saturated carbocycles. The first-order valence-corrected chi connectivity index (χ1v) is 6.45. The first kappa shape index (κ1) is 12.2. The van der Waals surface area contributed by atoms with E-state index in [9.17, 15) is 5.11 Å². The van der Waals surface area contributed by atoms with Crippen LogP contribution >= 0.6 is 0 Å². The highest BCUT2D eigenvalue weighted by Gasteiger charge is 2.29. The van der Waals surface area contributed by atoms with Crippen molar-refractivity contribution in [3.05, 3.63) is 41.5 Å². The zero-order chi connectivity index (χ0) is 13.2. The fourth-order valence-electron chi connectivity index (χ4n) is 1.81. The van der Waals surface area contributed by atoms with E-state index in [0.29, 0.717) is 18.3 Å². The molecule has 0 saturated heterocycles. The fraction of sp³-hybridized carbons (Fsp3) is 0.429. The lowest BCUT2D eigenvalue weighted by Crippen LogP contribution is -1.98. The first-order valence-electron chi connectivity index (χ1n) is 6.45. The molecular formula is C14H16N2O3. The Hall–Kier alpha value is -1.88. The molecule has 1 aromatic heterocycles. The second kappa shape index (κ2) is 5.01. The first-order chi connectivity index (χ1) is 9.22. The predicted molar refractivity (Wildman–Crippen MR) is 67.7 cm³/mol. The summed E-state index contributed by atoms with van der Waals surface area (Å²) in [7, 11) is 0. The van der Waals surface area contributed by atoms with Gasteiger partial charge in [-0.3, -0.25) is 0 Å². The molecule has 0 amide bonds. The van der Waals surface area contributed by atoms with Crippen molar-refractivity contribution in [2.45, 2.75) is 38.4 Å². The van der Waals surface area contributed by atoms with Crippen LogP contribution in [0.1, 0.15) is 49.1 Å². The number of hydrogen-bond acceptors (Lipinski definition) is 5. The number of aliphatic hydroxyl groups excluding tert-OH is 1. The van der Waals surface area contributed by atoms with Crippen LogP contribution in [0.5, 0.6) is 5.75 Å². The van der Waals surface area contributed by atoms with Gasteiger partial charge in [0.2, 0.25) is 11.7 Å². The minimum absolute atomic E-state index is 0.296. The van der Waals surface area contributed by atoms with E-state index >= 15 is 0 Å². The zero-order valence-corrected chi connectivity index (χ0v) is 10.7. The molecule has 1 unspecified atom stereocenters. The second-order valence-corrected chi connectivity index (χ2v) is 4.86. The topological polar surface area (TPSA) is 68.4 Å². The molecule has 5 nitrogen and oxygen atoms in total. The van der Waals surface area contributed by atoms with Crippen molar-refractivity contribution in [2.24, 2.45) is 0 Å². The summed E-state index contributed by atoms with van der Waals surface area (Å²) >= 11 is 0. The van der Waals surface area contributed by atoms with Crippen LogP contribution < -0.4 is 4.74 Å². The van der Waals surface area contributed by atoms with Crippen molar-refractivity contribution in [1.29, 1.82) is 0 Å². The molecule has 0 aliphatic heterocycles. The third-order valence-electron chi connectivity index (χ3n) is 3.14. The van der Waals surface area contributed by atoms with E-state index in [-0.39, 0.29) is 0 Å². The van der Waals surface area contributed by atoms with Crippen LogP contribution in [0.3, 0.4) is 0 Å². The Morgan fingerprint density at radius 1 is 1.37 bits per heavy atom. The SMILES string of the molecule is CC(O)c1ccc(OCc2noc(C3CC3)n2)cc1. The molecule has 19 heavy (non-hydrogen) atoms. The van der Waals surface area contributed by atoms with Crippen molar-refractivity contribution in [3.63, 3.8) is 0 Å². The Bertz CT molecular complexity index is 544. The molecule has 1 aliphatic carbocycles. The monoisotopic (exact) mass is 260 g/mol. The maximum absolute atomic E-state index is 9.41. The van der Waals surface area contributed by atoms with Crippen molar-refractivity contribution in [1.82, 2.24) is 10.1 Å². The molecular weight excluding hydrogens is 244 g/mol. The number of benzene rings is 1. The molecule has 1 N–H and O–H groups in total. The van der Waals surface area contributed by atoms with Gasteiger partial charge in [0.15, 0.2) is 6.61 Å². The summed E-state index contributed by atoms with van der Waals surface area (Å²) in [5.74, 6) is 2.48. The van der Waals surface area contributed by atoms with E-state index in [4.69, 9.17) is 9.26 Å². The van der Waals surface area contributed by atoms with Gasteiger partial charge in [-0.15, -0.1) is 0 Å². The number of aliphatic hydroxyl groups is 1. The Morgan fingerprint density at radius 3 is 2.74 bits per heavy atom. The van der Waals surface area contributed by atoms with E-state index in [0.717, 1.165) is 30.0 Å². The summed E-state index contributed by atoms with van der Waals surface area (Å²) in [4.78, 5) is 4.29. The Kier molecular flexibility index (Phi) is 3.21. The van der Waals surface area contributed by atoms with E-state index in [1.807, 2.05) is 24.3 Å². The normalized spacial score (nSPS) is 16.3. The van der Waals surface area contributed by atoms with Gasteiger partial charge in [-0.05, 0) is 37.5 Å². The third-order valence-corrected chi connectivity index (χ3v) is 3.14. The summed E-state index contributed by atoms with van der Waals surface area (Å²) < 4.78 is 10.7. The van der Waals surface area contributed by atoms with Gasteiger partial charge in [0.1, 0.15) is 5.75 Å². The number of aromatic nitrogens is 2. The number of ether oxygens (including phenoxy) is 1. The fourth-order valence-corrected chi connectivity index (χ4v) is 1.81. The lowest BCUT2D eigenvalue weighted by molar-refractivity contribution is 0.199. The molecule has 100 valence electrons. The predicted octanol–water partition coefficient (Wildman–Crippen LogP) is 2.58. The summed E-state index contributed by atoms with van der Waals surface area (Å²) in [6.45, 7) is 2.03. The molecule has 5 heteroatoms. The molecule has 2 aromatic rings. The van der Waals surface area contributed by atoms with Gasteiger partial charge in [-0.2, -0.15) is 4.98 Å². The maximum atomic E-state index is 9.41. The van der Waals surface area contributed by atoms with Crippen molar-refractivity contribution in [3.8, 4) is 5.75 Å². The Balaban J connectivity index is 1.58. The van der Waals surface area contributed by atoms with E-state index in [2.05, 4.69) is 10.1 Å². The summed E-state index contributed by atoms with van der Waals surface area (Å²) in [6.07, 6.45) is 1.82. The van der Waals surface area contributed by atoms with Gasteiger partial charge in [0.25, 0.3) is 0 Å². The average Bonchev–Trinajstić information content (AvgIpc) is 3.16. The lowest BCUT2D eigenvalue weighted by Gasteiger charge is -2.06. The van der Waals surface area contributed by atoms with Gasteiger partial charge in [-0.1, -0.05) is 17.3 Å². The largest absolute Gasteiger partial charge is 0.485 e. The highest BCUT2D eigenvalue weighted by atomic mass is 16.5. The number of rotatable bonds is 5. The van der Waals surface area contributed by atoms with E-state index in [1.165, 1.54) is 0 Å². The van der Waals surface area contributed by atoms with Crippen LogP contribution in [-0.2, 0) is 6.61 Å². The molecule has 1 heterocycles. The molecule has 1 aromatic carbocycles. The third kappa shape index (κ3) is 2.93. The van der Waals surface area contributed by atoms with Gasteiger partial charge in [-0.25, -0.2) is 0 Å². The van der Waals surface area contributed by atoms with Crippen molar-refractivity contribution < 1.29 is 14.4 Å². The molecule has 1 aliphatic rings. The quantitative estimate of drug-likeness (QED) is 0.894. The number of nitrogens with zero attached hydrogens (tertiary/aromatic N) is 2. The Labute approximate surface area is 111 Å². The van der Waals surface area contributed by atoms with Crippen LogP contribution in [0.4, 0.5) is 0 Å². The van der Waals surface area contributed by atoms with Crippen molar-refractivity contribution >= 4 is 0 Å². The summed E-state index contributed by atoms with van der Waals surface area (Å²) in [5.41, 5.74) is 0.864. The summed E-state index contributed by atoms with van der Waals surface area (Å²) in [5, 5.41) is 13.3. The van der Waals surface area contributed by atoms with Crippen LogP contribution in [0.25, 0.3) is 0 Å². The van der Waals surface area contributed by atoms with Crippen LogP contribution in [-0.4, -0.2) is 15.2 Å². The smallest absolute Gasteiger partial charge is 0.229 e. The average molecular weight is 260 g/mol.